The van der Waals surface area contributed by atoms with E-state index in [0.29, 0.717) is 0 Å². The van der Waals surface area contributed by atoms with Crippen LogP contribution < -0.4 is 11.3 Å². The van der Waals surface area contributed by atoms with E-state index in [-0.39, 0.29) is 6.04 Å². The minimum atomic E-state index is 0.220. The van der Waals surface area contributed by atoms with E-state index in [0.717, 1.165) is 18.4 Å². The molecule has 78 valence electrons. The molecule has 1 heterocycles. The van der Waals surface area contributed by atoms with E-state index in [1.54, 1.807) is 0 Å². The first kappa shape index (κ1) is 11.4. The summed E-state index contributed by atoms with van der Waals surface area (Å²) in [5.41, 5.74) is 3.99. The van der Waals surface area contributed by atoms with Gasteiger partial charge in [-0.25, -0.2) is 0 Å². The predicted molar refractivity (Wildman–Crippen MR) is 63.2 cm³/mol. The molecule has 0 fully saturated rings. The lowest BCUT2D eigenvalue weighted by molar-refractivity contribution is 0.559. The Kier molecular flexibility index (Phi) is 4.32. The smallest absolute Gasteiger partial charge is 0.0590 e. The van der Waals surface area contributed by atoms with Gasteiger partial charge in [-0.15, -0.1) is 17.9 Å². The summed E-state index contributed by atoms with van der Waals surface area (Å²) >= 11 is 1.82. The largest absolute Gasteiger partial charge is 0.271 e. The predicted octanol–water partition coefficient (Wildman–Crippen LogP) is 2.78. The van der Waals surface area contributed by atoms with Gasteiger partial charge in [0.1, 0.15) is 0 Å². The van der Waals surface area contributed by atoms with Crippen LogP contribution in [0.2, 0.25) is 0 Å². The summed E-state index contributed by atoms with van der Waals surface area (Å²) in [5.74, 6) is 5.52. The van der Waals surface area contributed by atoms with Gasteiger partial charge in [0.05, 0.1) is 6.04 Å². The van der Waals surface area contributed by atoms with Crippen LogP contribution in [-0.2, 0) is 6.42 Å². The third kappa shape index (κ3) is 2.94. The molecule has 0 aliphatic heterocycles. The molecule has 1 atom stereocenters. The van der Waals surface area contributed by atoms with Gasteiger partial charge in [-0.3, -0.25) is 11.3 Å². The number of aryl methyl sites for hydroxylation is 1. The number of nitrogens with one attached hydrogen (secondary N) is 1. The van der Waals surface area contributed by atoms with Crippen molar-refractivity contribution in [2.45, 2.75) is 32.7 Å². The van der Waals surface area contributed by atoms with Gasteiger partial charge in [0.25, 0.3) is 0 Å². The zero-order valence-corrected chi connectivity index (χ0v) is 9.66. The monoisotopic (exact) mass is 210 g/mol. The van der Waals surface area contributed by atoms with Crippen molar-refractivity contribution in [2.75, 3.05) is 0 Å². The Morgan fingerprint density at radius 3 is 2.79 bits per heavy atom. The summed E-state index contributed by atoms with van der Waals surface area (Å²) in [7, 11) is 0. The molecule has 0 amide bonds. The van der Waals surface area contributed by atoms with Crippen LogP contribution in [0.15, 0.2) is 24.3 Å². The molecule has 0 aliphatic carbocycles. The van der Waals surface area contributed by atoms with Crippen molar-refractivity contribution in [2.24, 2.45) is 5.84 Å². The maximum atomic E-state index is 5.52. The molecule has 1 aromatic rings. The Bertz CT molecular complexity index is 304. The lowest BCUT2D eigenvalue weighted by Gasteiger charge is -2.13. The number of hydrazine groups is 1. The minimum absolute atomic E-state index is 0.220. The quantitative estimate of drug-likeness (QED) is 0.445. The fourth-order valence-corrected chi connectivity index (χ4v) is 2.37. The number of rotatable bonds is 5. The van der Waals surface area contributed by atoms with Crippen LogP contribution in [0.3, 0.4) is 0 Å². The third-order valence-corrected chi connectivity index (χ3v) is 3.47. The highest BCUT2D eigenvalue weighted by atomic mass is 32.1. The highest BCUT2D eigenvalue weighted by molar-refractivity contribution is 7.12. The lowest BCUT2D eigenvalue weighted by atomic mass is 10.1. The Labute approximate surface area is 89.8 Å². The fraction of sp³-hybridized carbons (Fsp3) is 0.455. The second-order valence-corrected chi connectivity index (χ2v) is 4.74. The highest BCUT2D eigenvalue weighted by Gasteiger charge is 2.11. The maximum Gasteiger partial charge on any atom is 0.0590 e. The van der Waals surface area contributed by atoms with E-state index in [1.807, 2.05) is 18.3 Å². The van der Waals surface area contributed by atoms with Crippen LogP contribution in [0.25, 0.3) is 0 Å². The molecule has 14 heavy (non-hydrogen) atoms. The first-order valence-electron chi connectivity index (χ1n) is 4.86. The molecule has 1 rings (SSSR count). The molecule has 0 spiro atoms. The molecular formula is C11H18N2S. The fourth-order valence-electron chi connectivity index (χ4n) is 1.36. The third-order valence-electron chi connectivity index (χ3n) is 2.13. The minimum Gasteiger partial charge on any atom is -0.271 e. The molecule has 0 aromatic carbocycles. The Balaban J connectivity index is 2.73. The second-order valence-electron chi connectivity index (χ2n) is 3.54. The van der Waals surface area contributed by atoms with Gasteiger partial charge in [0, 0.05) is 9.75 Å². The number of nitrogens with two attached hydrogens (primary N) is 1. The van der Waals surface area contributed by atoms with E-state index in [4.69, 9.17) is 5.84 Å². The molecular weight excluding hydrogens is 192 g/mol. The van der Waals surface area contributed by atoms with Gasteiger partial charge < -0.3 is 0 Å². The zero-order valence-electron chi connectivity index (χ0n) is 8.84. The second kappa shape index (κ2) is 5.29. The molecule has 0 aliphatic rings. The first-order valence-corrected chi connectivity index (χ1v) is 5.68. The molecule has 1 aromatic heterocycles. The van der Waals surface area contributed by atoms with Gasteiger partial charge in [-0.2, -0.15) is 0 Å². The summed E-state index contributed by atoms with van der Waals surface area (Å²) in [4.78, 5) is 2.70. The zero-order chi connectivity index (χ0) is 10.6. The summed E-state index contributed by atoms with van der Waals surface area (Å²) in [6, 6.07) is 4.54. The standard InChI is InChI=1S/C11H18N2S/c1-4-9-5-6-11(14-9)10(13-12)7-8(2)3/h5-6,10,13H,2,4,7,12H2,1,3H3. The van der Waals surface area contributed by atoms with Crippen molar-refractivity contribution in [1.29, 1.82) is 0 Å². The molecule has 0 saturated carbocycles. The van der Waals surface area contributed by atoms with Crippen LogP contribution >= 0.6 is 11.3 Å². The van der Waals surface area contributed by atoms with Gasteiger partial charge in [0.15, 0.2) is 0 Å². The Morgan fingerprint density at radius 1 is 1.64 bits per heavy atom. The van der Waals surface area contributed by atoms with Crippen LogP contribution in [0.1, 0.15) is 36.1 Å². The van der Waals surface area contributed by atoms with E-state index < -0.39 is 0 Å². The van der Waals surface area contributed by atoms with E-state index in [9.17, 15) is 0 Å². The Morgan fingerprint density at radius 2 is 2.36 bits per heavy atom. The molecule has 1 unspecified atom stereocenters. The van der Waals surface area contributed by atoms with Crippen LogP contribution in [0, 0.1) is 0 Å². The van der Waals surface area contributed by atoms with Crippen molar-refractivity contribution in [3.8, 4) is 0 Å². The first-order chi connectivity index (χ1) is 6.67. The highest BCUT2D eigenvalue weighted by Crippen LogP contribution is 2.27. The normalized spacial score (nSPS) is 12.8. The molecule has 0 radical (unpaired) electrons. The lowest BCUT2D eigenvalue weighted by Crippen LogP contribution is -2.27. The van der Waals surface area contributed by atoms with Crippen molar-refractivity contribution in [1.82, 2.24) is 5.43 Å². The topological polar surface area (TPSA) is 38.0 Å². The molecule has 3 heteroatoms. The number of hydrogen-bond donors (Lipinski definition) is 2. The summed E-state index contributed by atoms with van der Waals surface area (Å²) in [5, 5.41) is 0. The SMILES string of the molecule is C=C(C)CC(NN)c1ccc(CC)s1. The van der Waals surface area contributed by atoms with Gasteiger partial charge >= 0.3 is 0 Å². The van der Waals surface area contributed by atoms with Crippen LogP contribution in [-0.4, -0.2) is 0 Å². The van der Waals surface area contributed by atoms with Crippen LogP contribution in [0.4, 0.5) is 0 Å². The van der Waals surface area contributed by atoms with Gasteiger partial charge in [0.2, 0.25) is 0 Å². The van der Waals surface area contributed by atoms with Gasteiger partial charge in [-0.1, -0.05) is 12.5 Å². The van der Waals surface area contributed by atoms with Crippen LogP contribution in [0.5, 0.6) is 0 Å². The molecule has 0 saturated heterocycles. The average Bonchev–Trinajstić information content (AvgIpc) is 2.62. The maximum absolute atomic E-state index is 5.52. The number of hydrogen-bond acceptors (Lipinski definition) is 3. The van der Waals surface area contributed by atoms with Crippen molar-refractivity contribution in [3.05, 3.63) is 34.0 Å². The number of thiophene rings is 1. The van der Waals surface area contributed by atoms with E-state index >= 15 is 0 Å². The molecule has 0 bridgehead atoms. The molecule has 3 N–H and O–H groups in total. The summed E-state index contributed by atoms with van der Waals surface area (Å²) in [6.07, 6.45) is 2.00. The van der Waals surface area contributed by atoms with Crippen molar-refractivity contribution >= 4 is 11.3 Å². The van der Waals surface area contributed by atoms with E-state index in [2.05, 4.69) is 31.1 Å². The van der Waals surface area contributed by atoms with Gasteiger partial charge in [-0.05, 0) is 31.9 Å². The van der Waals surface area contributed by atoms with Crippen molar-refractivity contribution in [3.63, 3.8) is 0 Å². The average molecular weight is 210 g/mol. The molecule has 2 nitrogen and oxygen atoms in total. The Hall–Kier alpha value is -0.640. The summed E-state index contributed by atoms with van der Waals surface area (Å²) < 4.78 is 0. The van der Waals surface area contributed by atoms with E-state index in [1.165, 1.54) is 9.75 Å². The van der Waals surface area contributed by atoms with Crippen molar-refractivity contribution < 1.29 is 0 Å². The summed E-state index contributed by atoms with van der Waals surface area (Å²) in [6.45, 7) is 8.10.